The van der Waals surface area contributed by atoms with E-state index in [0.29, 0.717) is 17.9 Å². The largest absolute Gasteiger partial charge is 0.370 e. The minimum Gasteiger partial charge on any atom is -0.370 e. The highest BCUT2D eigenvalue weighted by Crippen LogP contribution is 2.15. The van der Waals surface area contributed by atoms with Crippen molar-refractivity contribution in [2.45, 2.75) is 6.92 Å². The number of halogens is 2. The first-order chi connectivity index (χ1) is 9.58. The Bertz CT molecular complexity index is 611. The van der Waals surface area contributed by atoms with Crippen LogP contribution in [0, 0.1) is 11.6 Å². The average molecular weight is 277 g/mol. The Morgan fingerprint density at radius 1 is 1.20 bits per heavy atom. The van der Waals surface area contributed by atoms with Crippen molar-refractivity contribution in [1.82, 2.24) is 4.98 Å². The summed E-state index contributed by atoms with van der Waals surface area (Å²) >= 11 is 0. The zero-order chi connectivity index (χ0) is 14.5. The molecule has 1 aromatic carbocycles. The van der Waals surface area contributed by atoms with Crippen LogP contribution in [0.5, 0.6) is 0 Å². The summed E-state index contributed by atoms with van der Waals surface area (Å²) in [4.78, 5) is 16.0. The molecule has 0 saturated carbocycles. The summed E-state index contributed by atoms with van der Waals surface area (Å²) in [5.41, 5.74) is 0.412. The van der Waals surface area contributed by atoms with Crippen LogP contribution in [0.15, 0.2) is 36.5 Å². The predicted octanol–water partition coefficient (Wildman–Crippen LogP) is 3.04. The van der Waals surface area contributed by atoms with Gasteiger partial charge in [0.2, 0.25) is 0 Å². The molecule has 20 heavy (non-hydrogen) atoms. The van der Waals surface area contributed by atoms with Gasteiger partial charge in [0.15, 0.2) is 0 Å². The molecule has 0 atom stereocenters. The molecule has 0 aliphatic rings. The number of benzene rings is 1. The molecule has 0 fully saturated rings. The first-order valence-electron chi connectivity index (χ1n) is 6.06. The molecule has 0 unspecified atom stereocenters. The van der Waals surface area contributed by atoms with Crippen LogP contribution in [0.4, 0.5) is 20.3 Å². The third kappa shape index (κ3) is 3.50. The van der Waals surface area contributed by atoms with Crippen LogP contribution in [-0.4, -0.2) is 17.4 Å². The number of anilines is 2. The maximum absolute atomic E-state index is 13.0. The highest BCUT2D eigenvalue weighted by atomic mass is 19.1. The molecular weight excluding hydrogens is 264 g/mol. The number of hydrogen-bond donors (Lipinski definition) is 2. The molecule has 1 heterocycles. The van der Waals surface area contributed by atoms with Crippen LogP contribution < -0.4 is 10.6 Å². The van der Waals surface area contributed by atoms with Crippen molar-refractivity contribution in [3.8, 4) is 0 Å². The molecule has 0 bridgehead atoms. The molecule has 2 N–H and O–H groups in total. The summed E-state index contributed by atoms with van der Waals surface area (Å²) in [5, 5.41) is 5.41. The maximum Gasteiger partial charge on any atom is 0.255 e. The Labute approximate surface area is 114 Å². The lowest BCUT2D eigenvalue weighted by Gasteiger charge is -2.07. The first kappa shape index (κ1) is 13.9. The number of carbonyl (C=O) groups is 1. The van der Waals surface area contributed by atoms with Crippen LogP contribution in [0.3, 0.4) is 0 Å². The molecule has 1 aromatic heterocycles. The first-order valence-corrected chi connectivity index (χ1v) is 6.06. The van der Waals surface area contributed by atoms with Gasteiger partial charge < -0.3 is 10.6 Å². The molecule has 1 amide bonds. The maximum atomic E-state index is 13.0. The zero-order valence-electron chi connectivity index (χ0n) is 10.8. The minimum atomic E-state index is -0.747. The second-order valence-corrected chi connectivity index (χ2v) is 4.07. The molecule has 0 saturated heterocycles. The summed E-state index contributed by atoms with van der Waals surface area (Å²) in [7, 11) is 0. The number of rotatable bonds is 4. The van der Waals surface area contributed by atoms with Gasteiger partial charge in [-0.05, 0) is 31.2 Å². The van der Waals surface area contributed by atoms with Crippen molar-refractivity contribution in [2.75, 3.05) is 17.2 Å². The second kappa shape index (κ2) is 6.10. The van der Waals surface area contributed by atoms with Crippen molar-refractivity contribution in [1.29, 1.82) is 0 Å². The molecule has 0 aliphatic carbocycles. The van der Waals surface area contributed by atoms with Gasteiger partial charge in [-0.1, -0.05) is 0 Å². The van der Waals surface area contributed by atoms with Crippen molar-refractivity contribution < 1.29 is 13.6 Å². The summed E-state index contributed by atoms with van der Waals surface area (Å²) in [5.74, 6) is -1.39. The van der Waals surface area contributed by atoms with E-state index in [4.69, 9.17) is 0 Å². The Morgan fingerprint density at radius 3 is 2.55 bits per heavy atom. The van der Waals surface area contributed by atoms with Crippen molar-refractivity contribution in [3.63, 3.8) is 0 Å². The van der Waals surface area contributed by atoms with Gasteiger partial charge in [0.1, 0.15) is 17.5 Å². The van der Waals surface area contributed by atoms with Gasteiger partial charge in [-0.25, -0.2) is 13.8 Å². The highest BCUT2D eigenvalue weighted by molar-refractivity contribution is 6.04. The summed E-state index contributed by atoms with van der Waals surface area (Å²) in [6.07, 6.45) is 1.49. The number of amides is 1. The van der Waals surface area contributed by atoms with E-state index in [1.165, 1.54) is 12.3 Å². The molecule has 0 radical (unpaired) electrons. The lowest BCUT2D eigenvalue weighted by molar-refractivity contribution is 0.102. The monoisotopic (exact) mass is 277 g/mol. The predicted molar refractivity (Wildman–Crippen MR) is 72.7 cm³/mol. The number of carbonyl (C=O) groups excluding carboxylic acids is 1. The van der Waals surface area contributed by atoms with Crippen LogP contribution >= 0.6 is 0 Å². The van der Waals surface area contributed by atoms with Crippen LogP contribution in [0.2, 0.25) is 0 Å². The van der Waals surface area contributed by atoms with E-state index in [1.807, 2.05) is 6.92 Å². The van der Waals surface area contributed by atoms with Crippen molar-refractivity contribution in [2.24, 2.45) is 0 Å². The SMILES string of the molecule is CCNc1cc(C(=O)Nc2cc(F)cc(F)c2)ccn1. The molecule has 0 spiro atoms. The topological polar surface area (TPSA) is 54.0 Å². The van der Waals surface area contributed by atoms with Gasteiger partial charge in [-0.3, -0.25) is 4.79 Å². The molecule has 2 aromatic rings. The molecule has 0 aliphatic heterocycles. The smallest absolute Gasteiger partial charge is 0.255 e. The van der Waals surface area contributed by atoms with Gasteiger partial charge in [0, 0.05) is 30.1 Å². The number of pyridine rings is 1. The fourth-order valence-electron chi connectivity index (χ4n) is 1.68. The summed E-state index contributed by atoms with van der Waals surface area (Å²) in [6.45, 7) is 2.58. The fraction of sp³-hybridized carbons (Fsp3) is 0.143. The van der Waals surface area contributed by atoms with E-state index in [-0.39, 0.29) is 5.69 Å². The third-order valence-electron chi connectivity index (χ3n) is 2.50. The minimum absolute atomic E-state index is 0.0642. The molecule has 104 valence electrons. The van der Waals surface area contributed by atoms with Gasteiger partial charge in [0.25, 0.3) is 5.91 Å². The van der Waals surface area contributed by atoms with Gasteiger partial charge in [-0.15, -0.1) is 0 Å². The standard InChI is InChI=1S/C14H13F2N3O/c1-2-17-13-5-9(3-4-18-13)14(20)19-12-7-10(15)6-11(16)8-12/h3-8H,2H2,1H3,(H,17,18)(H,19,20). The quantitative estimate of drug-likeness (QED) is 0.903. The average Bonchev–Trinajstić information content (AvgIpc) is 2.38. The Kier molecular flexibility index (Phi) is 4.24. The molecular formula is C14H13F2N3O. The lowest BCUT2D eigenvalue weighted by Crippen LogP contribution is -2.13. The second-order valence-electron chi connectivity index (χ2n) is 4.07. The van der Waals surface area contributed by atoms with E-state index >= 15 is 0 Å². The van der Waals surface area contributed by atoms with E-state index in [9.17, 15) is 13.6 Å². The number of aromatic nitrogens is 1. The summed E-state index contributed by atoms with van der Waals surface area (Å²) < 4.78 is 26.1. The Hall–Kier alpha value is -2.50. The molecule has 4 nitrogen and oxygen atoms in total. The Balaban J connectivity index is 2.17. The van der Waals surface area contributed by atoms with Gasteiger partial charge in [0.05, 0.1) is 0 Å². The fourth-order valence-corrected chi connectivity index (χ4v) is 1.68. The van der Waals surface area contributed by atoms with E-state index in [2.05, 4.69) is 15.6 Å². The van der Waals surface area contributed by atoms with Crippen molar-refractivity contribution in [3.05, 3.63) is 53.7 Å². The van der Waals surface area contributed by atoms with Crippen LogP contribution in [0.1, 0.15) is 17.3 Å². The van der Waals surface area contributed by atoms with Crippen LogP contribution in [-0.2, 0) is 0 Å². The number of hydrogen-bond acceptors (Lipinski definition) is 3. The third-order valence-corrected chi connectivity index (χ3v) is 2.50. The lowest BCUT2D eigenvalue weighted by atomic mass is 10.2. The van der Waals surface area contributed by atoms with E-state index in [1.54, 1.807) is 6.07 Å². The number of nitrogens with one attached hydrogen (secondary N) is 2. The summed E-state index contributed by atoms with van der Waals surface area (Å²) in [6, 6.07) is 5.92. The normalized spacial score (nSPS) is 10.2. The number of nitrogens with zero attached hydrogens (tertiary/aromatic N) is 1. The van der Waals surface area contributed by atoms with Crippen molar-refractivity contribution >= 4 is 17.4 Å². The molecule has 2 rings (SSSR count). The van der Waals surface area contributed by atoms with E-state index < -0.39 is 17.5 Å². The van der Waals surface area contributed by atoms with Crippen LogP contribution in [0.25, 0.3) is 0 Å². The van der Waals surface area contributed by atoms with Gasteiger partial charge >= 0.3 is 0 Å². The molecule has 6 heteroatoms. The zero-order valence-corrected chi connectivity index (χ0v) is 10.8. The van der Waals surface area contributed by atoms with E-state index in [0.717, 1.165) is 18.2 Å². The Morgan fingerprint density at radius 2 is 1.90 bits per heavy atom. The highest BCUT2D eigenvalue weighted by Gasteiger charge is 2.09. The van der Waals surface area contributed by atoms with Gasteiger partial charge in [-0.2, -0.15) is 0 Å².